The fourth-order valence-electron chi connectivity index (χ4n) is 1.82. The van der Waals surface area contributed by atoms with Gasteiger partial charge in [0.2, 0.25) is 10.0 Å². The Morgan fingerprint density at radius 2 is 1.76 bits per heavy atom. The van der Waals surface area contributed by atoms with Gasteiger partial charge in [-0.3, -0.25) is 4.79 Å². The van der Waals surface area contributed by atoms with Crippen molar-refractivity contribution in [2.45, 2.75) is 25.3 Å². The average molecular weight is 315 g/mol. The summed E-state index contributed by atoms with van der Waals surface area (Å²) >= 11 is 0. The molecule has 0 aliphatic rings. The van der Waals surface area contributed by atoms with Gasteiger partial charge in [0.25, 0.3) is 0 Å². The van der Waals surface area contributed by atoms with Crippen LogP contribution in [0.3, 0.4) is 0 Å². The lowest BCUT2D eigenvalue weighted by Crippen LogP contribution is -2.39. The van der Waals surface area contributed by atoms with E-state index < -0.39 is 22.4 Å². The summed E-state index contributed by atoms with van der Waals surface area (Å²) in [6.07, 6.45) is 0. The van der Waals surface area contributed by atoms with E-state index in [1.807, 2.05) is 13.8 Å². The van der Waals surface area contributed by atoms with Crippen LogP contribution in [0.2, 0.25) is 0 Å². The molecule has 0 aliphatic carbocycles. The van der Waals surface area contributed by atoms with Gasteiger partial charge in [0, 0.05) is 6.54 Å². The second-order valence-electron chi connectivity index (χ2n) is 5.19. The van der Waals surface area contributed by atoms with Gasteiger partial charge in [-0.15, -0.1) is 0 Å². The van der Waals surface area contributed by atoms with Crippen molar-refractivity contribution < 1.29 is 23.4 Å². The molecule has 0 fully saturated rings. The first-order valence-electron chi connectivity index (χ1n) is 6.63. The van der Waals surface area contributed by atoms with Crippen LogP contribution < -0.4 is 0 Å². The molecule has 1 rings (SSSR count). The summed E-state index contributed by atoms with van der Waals surface area (Å²) in [7, 11) is -3.81. The van der Waals surface area contributed by atoms with E-state index in [1.165, 1.54) is 24.3 Å². The van der Waals surface area contributed by atoms with E-state index in [0.717, 1.165) is 4.31 Å². The highest BCUT2D eigenvalue weighted by atomic mass is 32.2. The van der Waals surface area contributed by atoms with Gasteiger partial charge in [-0.2, -0.15) is 4.31 Å². The third-order valence-electron chi connectivity index (χ3n) is 2.84. The summed E-state index contributed by atoms with van der Waals surface area (Å²) in [5.74, 6) is -0.505. The van der Waals surface area contributed by atoms with Crippen molar-refractivity contribution in [3.05, 3.63) is 29.8 Å². The van der Waals surface area contributed by atoms with Crippen LogP contribution >= 0.6 is 0 Å². The molecule has 0 unspecified atom stereocenters. The summed E-state index contributed by atoms with van der Waals surface area (Å²) < 4.78 is 26.2. The molecule has 1 aromatic carbocycles. The Balaban J connectivity index is 3.09. The van der Waals surface area contributed by atoms with Crippen LogP contribution in [0.15, 0.2) is 29.2 Å². The van der Waals surface area contributed by atoms with Gasteiger partial charge in [-0.1, -0.05) is 26.0 Å². The van der Waals surface area contributed by atoms with Gasteiger partial charge in [-0.25, -0.2) is 8.42 Å². The number of aliphatic hydroxyl groups excluding tert-OH is 2. The molecule has 0 aliphatic heterocycles. The molecule has 1 aromatic rings. The molecule has 0 radical (unpaired) electrons. The van der Waals surface area contributed by atoms with Crippen LogP contribution in [0.25, 0.3) is 0 Å². The minimum absolute atomic E-state index is 0.0444. The van der Waals surface area contributed by atoms with Gasteiger partial charge in [0.05, 0.1) is 18.0 Å². The number of hydrogen-bond donors (Lipinski definition) is 2. The number of hydrogen-bond acceptors (Lipinski definition) is 5. The smallest absolute Gasteiger partial charge is 0.243 e. The fraction of sp³-hybridized carbons (Fsp3) is 0.500. The highest BCUT2D eigenvalue weighted by molar-refractivity contribution is 7.89. The summed E-state index contributed by atoms with van der Waals surface area (Å²) in [5, 5.41) is 17.8. The van der Waals surface area contributed by atoms with E-state index in [0.29, 0.717) is 5.56 Å². The molecule has 0 saturated heterocycles. The number of sulfonamides is 1. The number of ketones is 1. The standard InChI is InChI=1S/C14H21NO5S/c1-11(2)7-15(8-13(18)10-17)21(19,20)14-5-3-12(9-16)4-6-14/h3-6,11,16-17H,7-10H2,1-2H3. The first-order chi connectivity index (χ1) is 9.81. The maximum Gasteiger partial charge on any atom is 0.243 e. The summed E-state index contributed by atoms with van der Waals surface area (Å²) in [6.45, 7) is 2.68. The molecule has 21 heavy (non-hydrogen) atoms. The maximum atomic E-state index is 12.5. The van der Waals surface area contributed by atoms with E-state index >= 15 is 0 Å². The van der Waals surface area contributed by atoms with Crippen molar-refractivity contribution >= 4 is 15.8 Å². The lowest BCUT2D eigenvalue weighted by atomic mass is 10.2. The van der Waals surface area contributed by atoms with Crippen LogP contribution in [0.4, 0.5) is 0 Å². The van der Waals surface area contributed by atoms with Crippen molar-refractivity contribution in [3.8, 4) is 0 Å². The molecule has 6 nitrogen and oxygen atoms in total. The molecule has 0 amide bonds. The molecule has 0 aromatic heterocycles. The summed E-state index contributed by atoms with van der Waals surface area (Å²) in [4.78, 5) is 11.5. The average Bonchev–Trinajstić information content (AvgIpc) is 2.45. The number of nitrogens with zero attached hydrogens (tertiary/aromatic N) is 1. The minimum Gasteiger partial charge on any atom is -0.392 e. The van der Waals surface area contributed by atoms with E-state index in [9.17, 15) is 13.2 Å². The SMILES string of the molecule is CC(C)CN(CC(=O)CO)S(=O)(=O)c1ccc(CO)cc1. The van der Waals surface area contributed by atoms with Crippen LogP contribution in [-0.2, 0) is 21.4 Å². The van der Waals surface area contributed by atoms with Gasteiger partial charge < -0.3 is 10.2 Å². The zero-order chi connectivity index (χ0) is 16.0. The monoisotopic (exact) mass is 315 g/mol. The van der Waals surface area contributed by atoms with Gasteiger partial charge >= 0.3 is 0 Å². The molecular formula is C14H21NO5S. The normalized spacial score (nSPS) is 12.1. The van der Waals surface area contributed by atoms with Crippen molar-refractivity contribution in [2.24, 2.45) is 5.92 Å². The predicted molar refractivity (Wildman–Crippen MR) is 78.1 cm³/mol. The van der Waals surface area contributed by atoms with Gasteiger partial charge in [0.1, 0.15) is 6.61 Å². The van der Waals surface area contributed by atoms with E-state index in [-0.39, 0.29) is 30.5 Å². The number of Topliss-reactive ketones (excluding diaryl/α,β-unsaturated/α-hetero) is 1. The summed E-state index contributed by atoms with van der Waals surface area (Å²) in [6, 6.07) is 5.85. The first kappa shape index (κ1) is 17.8. The number of aliphatic hydroxyl groups is 2. The van der Waals surface area contributed by atoms with Gasteiger partial charge in [-0.05, 0) is 23.6 Å². The second-order valence-corrected chi connectivity index (χ2v) is 7.13. The Kier molecular flexibility index (Phi) is 6.47. The Morgan fingerprint density at radius 3 is 2.19 bits per heavy atom. The van der Waals surface area contributed by atoms with Crippen molar-refractivity contribution in [3.63, 3.8) is 0 Å². The molecule has 0 heterocycles. The van der Waals surface area contributed by atoms with Gasteiger partial charge in [0.15, 0.2) is 5.78 Å². The third kappa shape index (κ3) is 4.89. The maximum absolute atomic E-state index is 12.5. The van der Waals surface area contributed by atoms with Crippen LogP contribution in [0.1, 0.15) is 19.4 Å². The van der Waals surface area contributed by atoms with E-state index in [4.69, 9.17) is 10.2 Å². The fourth-order valence-corrected chi connectivity index (χ4v) is 3.40. The van der Waals surface area contributed by atoms with Crippen LogP contribution in [-0.4, -0.2) is 48.4 Å². The molecule has 118 valence electrons. The highest BCUT2D eigenvalue weighted by Crippen LogP contribution is 2.18. The molecule has 0 spiro atoms. The minimum atomic E-state index is -3.81. The topological polar surface area (TPSA) is 94.9 Å². The second kappa shape index (κ2) is 7.65. The molecular weight excluding hydrogens is 294 g/mol. The molecule has 0 atom stereocenters. The lowest BCUT2D eigenvalue weighted by Gasteiger charge is -2.23. The number of carbonyl (C=O) groups excluding carboxylic acids is 1. The summed E-state index contributed by atoms with van der Waals surface area (Å²) in [5.41, 5.74) is 0.607. The largest absolute Gasteiger partial charge is 0.392 e. The van der Waals surface area contributed by atoms with Crippen LogP contribution in [0.5, 0.6) is 0 Å². The number of rotatable bonds is 8. The quantitative estimate of drug-likeness (QED) is 0.723. The highest BCUT2D eigenvalue weighted by Gasteiger charge is 2.26. The number of benzene rings is 1. The Labute approximate surface area is 125 Å². The van der Waals surface area contributed by atoms with E-state index in [1.54, 1.807) is 0 Å². The zero-order valence-corrected chi connectivity index (χ0v) is 13.0. The van der Waals surface area contributed by atoms with Crippen molar-refractivity contribution in [1.82, 2.24) is 4.31 Å². The van der Waals surface area contributed by atoms with Crippen molar-refractivity contribution in [1.29, 1.82) is 0 Å². The first-order valence-corrected chi connectivity index (χ1v) is 8.07. The molecule has 0 bridgehead atoms. The Bertz CT molecular complexity index is 566. The number of carbonyl (C=O) groups is 1. The lowest BCUT2D eigenvalue weighted by molar-refractivity contribution is -0.122. The van der Waals surface area contributed by atoms with Crippen molar-refractivity contribution in [2.75, 3.05) is 19.7 Å². The molecule has 0 saturated carbocycles. The Morgan fingerprint density at radius 1 is 1.19 bits per heavy atom. The zero-order valence-electron chi connectivity index (χ0n) is 12.2. The molecule has 2 N–H and O–H groups in total. The molecule has 7 heteroatoms. The predicted octanol–water partition coefficient (Wildman–Crippen LogP) is 0.387. The van der Waals surface area contributed by atoms with E-state index in [2.05, 4.69) is 0 Å². The third-order valence-corrected chi connectivity index (χ3v) is 4.67. The van der Waals surface area contributed by atoms with Crippen LogP contribution in [0, 0.1) is 5.92 Å². The Hall–Kier alpha value is -1.28.